The molecule has 1 saturated carbocycles. The number of thioether (sulfide) groups is 1. The standard InChI is InChI=1S/C13H24N2O2S/c16-12-3-1-2-10(12)8-15-13(17)9-18-11-4-6-14-7-5-11/h10-12,14,16H,1-9H2,(H,15,17). The molecule has 1 aliphatic carbocycles. The van der Waals surface area contributed by atoms with Gasteiger partial charge in [0.1, 0.15) is 0 Å². The molecule has 2 aliphatic rings. The molecule has 0 aromatic heterocycles. The van der Waals surface area contributed by atoms with E-state index in [2.05, 4.69) is 10.6 Å². The first-order valence-corrected chi connectivity index (χ1v) is 8.07. The van der Waals surface area contributed by atoms with E-state index in [4.69, 9.17) is 0 Å². The molecular weight excluding hydrogens is 248 g/mol. The van der Waals surface area contributed by atoms with Crippen LogP contribution in [0.15, 0.2) is 0 Å². The molecular formula is C13H24N2O2S. The van der Waals surface area contributed by atoms with E-state index in [0.717, 1.165) is 32.4 Å². The number of hydrogen-bond donors (Lipinski definition) is 3. The molecule has 5 heteroatoms. The summed E-state index contributed by atoms with van der Waals surface area (Å²) >= 11 is 1.77. The number of amides is 1. The highest BCUT2D eigenvalue weighted by atomic mass is 32.2. The largest absolute Gasteiger partial charge is 0.393 e. The van der Waals surface area contributed by atoms with Gasteiger partial charge in [0.15, 0.2) is 0 Å². The second kappa shape index (κ2) is 7.36. The average molecular weight is 272 g/mol. The van der Waals surface area contributed by atoms with Crippen LogP contribution in [0.3, 0.4) is 0 Å². The molecule has 2 rings (SSSR count). The molecule has 3 N–H and O–H groups in total. The summed E-state index contributed by atoms with van der Waals surface area (Å²) in [6, 6.07) is 0. The summed E-state index contributed by atoms with van der Waals surface area (Å²) in [5.74, 6) is 0.962. The van der Waals surface area contributed by atoms with Gasteiger partial charge in [0.05, 0.1) is 11.9 Å². The number of rotatable bonds is 5. The van der Waals surface area contributed by atoms with Crippen LogP contribution in [-0.4, -0.2) is 47.8 Å². The van der Waals surface area contributed by atoms with Crippen LogP contribution in [0, 0.1) is 5.92 Å². The van der Waals surface area contributed by atoms with Crippen molar-refractivity contribution in [1.82, 2.24) is 10.6 Å². The number of aliphatic hydroxyl groups is 1. The fourth-order valence-corrected chi connectivity index (χ4v) is 3.77. The van der Waals surface area contributed by atoms with Crippen LogP contribution in [0.4, 0.5) is 0 Å². The Bertz CT molecular complexity index is 270. The number of carbonyl (C=O) groups is 1. The van der Waals surface area contributed by atoms with E-state index in [1.807, 2.05) is 0 Å². The van der Waals surface area contributed by atoms with Crippen LogP contribution < -0.4 is 10.6 Å². The maximum atomic E-state index is 11.7. The number of nitrogens with one attached hydrogen (secondary N) is 2. The van der Waals surface area contributed by atoms with Crippen LogP contribution in [0.5, 0.6) is 0 Å². The van der Waals surface area contributed by atoms with E-state index < -0.39 is 0 Å². The third-order valence-electron chi connectivity index (χ3n) is 3.92. The summed E-state index contributed by atoms with van der Waals surface area (Å²) < 4.78 is 0. The Hall–Kier alpha value is -0.260. The highest BCUT2D eigenvalue weighted by Gasteiger charge is 2.25. The Balaban J connectivity index is 1.57. The lowest BCUT2D eigenvalue weighted by Gasteiger charge is -2.22. The van der Waals surface area contributed by atoms with Crippen molar-refractivity contribution in [1.29, 1.82) is 0 Å². The molecule has 0 radical (unpaired) electrons. The summed E-state index contributed by atoms with van der Waals surface area (Å²) in [7, 11) is 0. The van der Waals surface area contributed by atoms with Crippen LogP contribution in [0.2, 0.25) is 0 Å². The molecule has 0 aromatic rings. The van der Waals surface area contributed by atoms with Crippen LogP contribution in [-0.2, 0) is 4.79 Å². The second-order valence-corrected chi connectivity index (χ2v) is 6.61. The lowest BCUT2D eigenvalue weighted by atomic mass is 10.1. The molecule has 0 spiro atoms. The lowest BCUT2D eigenvalue weighted by molar-refractivity contribution is -0.118. The normalized spacial score (nSPS) is 29.4. The molecule has 2 fully saturated rings. The van der Waals surface area contributed by atoms with E-state index in [0.29, 0.717) is 17.5 Å². The molecule has 104 valence electrons. The number of piperidine rings is 1. The van der Waals surface area contributed by atoms with Gasteiger partial charge in [-0.15, -0.1) is 11.8 Å². The molecule has 1 aliphatic heterocycles. The first-order chi connectivity index (χ1) is 8.75. The average Bonchev–Trinajstić information content (AvgIpc) is 2.81. The van der Waals surface area contributed by atoms with Crippen molar-refractivity contribution in [2.75, 3.05) is 25.4 Å². The van der Waals surface area contributed by atoms with Gasteiger partial charge in [-0.25, -0.2) is 0 Å². The quantitative estimate of drug-likeness (QED) is 0.691. The monoisotopic (exact) mass is 272 g/mol. The van der Waals surface area contributed by atoms with Gasteiger partial charge in [-0.05, 0) is 38.8 Å². The minimum atomic E-state index is -0.206. The van der Waals surface area contributed by atoms with Gasteiger partial charge in [0, 0.05) is 17.7 Å². The molecule has 18 heavy (non-hydrogen) atoms. The molecule has 0 aromatic carbocycles. The molecule has 2 unspecified atom stereocenters. The summed E-state index contributed by atoms with van der Waals surface area (Å²) in [6.07, 6.45) is 5.15. The van der Waals surface area contributed by atoms with Gasteiger partial charge >= 0.3 is 0 Å². The second-order valence-electron chi connectivity index (χ2n) is 5.32. The molecule has 1 amide bonds. The van der Waals surface area contributed by atoms with Gasteiger partial charge in [-0.2, -0.15) is 0 Å². The van der Waals surface area contributed by atoms with Crippen molar-refractivity contribution in [2.24, 2.45) is 5.92 Å². The van der Waals surface area contributed by atoms with Crippen molar-refractivity contribution >= 4 is 17.7 Å². The van der Waals surface area contributed by atoms with Gasteiger partial charge in [0.2, 0.25) is 5.91 Å². The Morgan fingerprint density at radius 2 is 2.06 bits per heavy atom. The Kier molecular flexibility index (Phi) is 5.79. The first kappa shape index (κ1) is 14.2. The predicted molar refractivity (Wildman–Crippen MR) is 74.7 cm³/mol. The zero-order valence-electron chi connectivity index (χ0n) is 10.9. The zero-order valence-corrected chi connectivity index (χ0v) is 11.7. The summed E-state index contributed by atoms with van der Waals surface area (Å²) in [4.78, 5) is 11.7. The topological polar surface area (TPSA) is 61.4 Å². The lowest BCUT2D eigenvalue weighted by Crippen LogP contribution is -2.34. The van der Waals surface area contributed by atoms with E-state index in [-0.39, 0.29) is 17.9 Å². The van der Waals surface area contributed by atoms with Crippen molar-refractivity contribution in [2.45, 2.75) is 43.5 Å². The van der Waals surface area contributed by atoms with Crippen molar-refractivity contribution in [3.63, 3.8) is 0 Å². The van der Waals surface area contributed by atoms with Gasteiger partial charge in [-0.1, -0.05) is 6.42 Å². The number of aliphatic hydroxyl groups excluding tert-OH is 1. The minimum absolute atomic E-state index is 0.123. The van der Waals surface area contributed by atoms with E-state index in [1.165, 1.54) is 12.8 Å². The Labute approximate surface area is 113 Å². The molecule has 4 nitrogen and oxygen atoms in total. The number of carbonyl (C=O) groups excluding carboxylic acids is 1. The SMILES string of the molecule is O=C(CSC1CCNCC1)NCC1CCCC1O. The molecule has 1 heterocycles. The van der Waals surface area contributed by atoms with E-state index in [9.17, 15) is 9.90 Å². The molecule has 2 atom stereocenters. The van der Waals surface area contributed by atoms with Crippen molar-refractivity contribution in [3.05, 3.63) is 0 Å². The van der Waals surface area contributed by atoms with Gasteiger partial charge in [0.25, 0.3) is 0 Å². The third-order valence-corrected chi connectivity index (χ3v) is 5.29. The predicted octanol–water partition coefficient (Wildman–Crippen LogP) is 0.749. The highest BCUT2D eigenvalue weighted by Crippen LogP contribution is 2.24. The van der Waals surface area contributed by atoms with Crippen LogP contribution in [0.1, 0.15) is 32.1 Å². The minimum Gasteiger partial charge on any atom is -0.393 e. The fraction of sp³-hybridized carbons (Fsp3) is 0.923. The fourth-order valence-electron chi connectivity index (χ4n) is 2.71. The maximum absolute atomic E-state index is 11.7. The van der Waals surface area contributed by atoms with Crippen molar-refractivity contribution < 1.29 is 9.90 Å². The van der Waals surface area contributed by atoms with Crippen LogP contribution in [0.25, 0.3) is 0 Å². The van der Waals surface area contributed by atoms with E-state index >= 15 is 0 Å². The first-order valence-electron chi connectivity index (χ1n) is 7.03. The summed E-state index contributed by atoms with van der Waals surface area (Å²) in [6.45, 7) is 2.80. The molecule has 0 bridgehead atoms. The van der Waals surface area contributed by atoms with Gasteiger partial charge < -0.3 is 15.7 Å². The Morgan fingerprint density at radius 1 is 1.28 bits per heavy atom. The smallest absolute Gasteiger partial charge is 0.230 e. The maximum Gasteiger partial charge on any atom is 0.230 e. The zero-order chi connectivity index (χ0) is 12.8. The van der Waals surface area contributed by atoms with Crippen molar-refractivity contribution in [3.8, 4) is 0 Å². The van der Waals surface area contributed by atoms with Gasteiger partial charge in [-0.3, -0.25) is 4.79 Å². The van der Waals surface area contributed by atoms with E-state index in [1.54, 1.807) is 11.8 Å². The molecule has 1 saturated heterocycles. The summed E-state index contributed by atoms with van der Waals surface area (Å²) in [5, 5.41) is 16.6. The highest BCUT2D eigenvalue weighted by molar-refractivity contribution is 8.00. The van der Waals surface area contributed by atoms with Crippen LogP contribution >= 0.6 is 11.8 Å². The summed E-state index contributed by atoms with van der Waals surface area (Å²) in [5.41, 5.74) is 0. The number of hydrogen-bond acceptors (Lipinski definition) is 4. The third kappa shape index (κ3) is 4.44. The Morgan fingerprint density at radius 3 is 2.72 bits per heavy atom.